The molecule has 1 heterocycles. The second kappa shape index (κ2) is 6.12. The first-order valence-corrected chi connectivity index (χ1v) is 5.77. The minimum Gasteiger partial charge on any atom is -0.375 e. The van der Waals surface area contributed by atoms with E-state index in [0.29, 0.717) is 18.9 Å². The quantitative estimate of drug-likeness (QED) is 0.707. The molecule has 0 atom stereocenters. The molecule has 0 aromatic carbocycles. The van der Waals surface area contributed by atoms with Gasteiger partial charge in [0.2, 0.25) is 0 Å². The average molecular weight is 235 g/mol. The molecule has 0 saturated heterocycles. The number of aromatic nitrogens is 1. The molecule has 0 radical (unpaired) electrons. The molecule has 86 valence electrons. The van der Waals surface area contributed by atoms with Gasteiger partial charge in [-0.25, -0.2) is 13.8 Å². The fourth-order valence-electron chi connectivity index (χ4n) is 1.04. The second-order valence-electron chi connectivity index (χ2n) is 3.54. The van der Waals surface area contributed by atoms with Crippen molar-refractivity contribution < 1.29 is 13.5 Å². The molecule has 0 unspecified atom stereocenters. The maximum atomic E-state index is 11.7. The van der Waals surface area contributed by atoms with Crippen LogP contribution in [0.3, 0.4) is 0 Å². The summed E-state index contributed by atoms with van der Waals surface area (Å²) in [7, 11) is 0. The van der Waals surface area contributed by atoms with Gasteiger partial charge in [-0.3, -0.25) is 0 Å². The summed E-state index contributed by atoms with van der Waals surface area (Å²) in [5.41, 5.74) is 1.06. The van der Waals surface area contributed by atoms with E-state index in [2.05, 4.69) is 18.8 Å². The summed E-state index contributed by atoms with van der Waals surface area (Å²) < 4.78 is 28.3. The van der Waals surface area contributed by atoms with Gasteiger partial charge in [-0.05, 0) is 5.92 Å². The zero-order valence-corrected chi connectivity index (χ0v) is 9.69. The Morgan fingerprint density at radius 2 is 2.20 bits per heavy atom. The first kappa shape index (κ1) is 12.5. The molecule has 0 fully saturated rings. The summed E-state index contributed by atoms with van der Waals surface area (Å²) in [6.45, 7) is 3.98. The van der Waals surface area contributed by atoms with E-state index in [-0.39, 0.29) is 0 Å². The molecule has 2 nitrogen and oxygen atoms in total. The molecule has 0 aliphatic carbocycles. The van der Waals surface area contributed by atoms with Crippen LogP contribution >= 0.6 is 11.3 Å². The Morgan fingerprint density at radius 3 is 2.73 bits per heavy atom. The highest BCUT2D eigenvalue weighted by Crippen LogP contribution is 2.17. The van der Waals surface area contributed by atoms with Crippen molar-refractivity contribution >= 4 is 11.3 Å². The number of rotatable bonds is 6. The maximum absolute atomic E-state index is 11.7. The molecule has 0 aliphatic rings. The van der Waals surface area contributed by atoms with Crippen LogP contribution in [-0.2, 0) is 11.2 Å². The number of thiazole rings is 1. The van der Waals surface area contributed by atoms with Crippen molar-refractivity contribution in [3.05, 3.63) is 16.1 Å². The van der Waals surface area contributed by atoms with E-state index < -0.39 is 13.0 Å². The van der Waals surface area contributed by atoms with Crippen molar-refractivity contribution in [2.75, 3.05) is 13.2 Å². The molecule has 0 bridgehead atoms. The number of halogens is 2. The predicted molar refractivity (Wildman–Crippen MR) is 56.7 cm³/mol. The van der Waals surface area contributed by atoms with Crippen LogP contribution in [0.2, 0.25) is 0 Å². The first-order valence-electron chi connectivity index (χ1n) is 4.89. The normalized spacial score (nSPS) is 11.6. The zero-order valence-electron chi connectivity index (χ0n) is 8.87. The molecule has 0 aliphatic heterocycles. The third kappa shape index (κ3) is 4.66. The molecule has 0 N–H and O–H groups in total. The summed E-state index contributed by atoms with van der Waals surface area (Å²) >= 11 is 1.56. The predicted octanol–water partition coefficient (Wildman–Crippen LogP) is 3.09. The Morgan fingerprint density at radius 1 is 1.47 bits per heavy atom. The van der Waals surface area contributed by atoms with Crippen molar-refractivity contribution in [2.24, 2.45) is 0 Å². The largest absolute Gasteiger partial charge is 0.375 e. The number of hydrogen-bond acceptors (Lipinski definition) is 3. The lowest BCUT2D eigenvalue weighted by atomic mass is 10.2. The average Bonchev–Trinajstić information content (AvgIpc) is 2.60. The van der Waals surface area contributed by atoms with E-state index in [1.807, 2.05) is 5.38 Å². The molecule has 0 amide bonds. The van der Waals surface area contributed by atoms with Crippen molar-refractivity contribution in [2.45, 2.75) is 32.6 Å². The van der Waals surface area contributed by atoms with Crippen molar-refractivity contribution in [1.82, 2.24) is 4.98 Å². The number of hydrogen-bond donors (Lipinski definition) is 0. The van der Waals surface area contributed by atoms with Gasteiger partial charge in [0.05, 0.1) is 17.3 Å². The molecular formula is C10H15F2NOS. The number of nitrogens with zero attached hydrogens (tertiary/aromatic N) is 1. The summed E-state index contributed by atoms with van der Waals surface area (Å²) in [4.78, 5) is 4.38. The minimum absolute atomic E-state index is 0.315. The topological polar surface area (TPSA) is 22.1 Å². The fraction of sp³-hybridized carbons (Fsp3) is 0.700. The lowest BCUT2D eigenvalue weighted by Gasteiger charge is -2.01. The van der Waals surface area contributed by atoms with E-state index in [9.17, 15) is 8.78 Å². The molecule has 1 aromatic rings. The maximum Gasteiger partial charge on any atom is 0.261 e. The van der Waals surface area contributed by atoms with E-state index in [0.717, 1.165) is 10.7 Å². The van der Waals surface area contributed by atoms with E-state index in [4.69, 9.17) is 4.74 Å². The molecule has 0 spiro atoms. The lowest BCUT2D eigenvalue weighted by molar-refractivity contribution is 0.0187. The summed E-state index contributed by atoms with van der Waals surface area (Å²) in [5.74, 6) is 0.414. The van der Waals surface area contributed by atoms with E-state index in [1.54, 1.807) is 11.3 Å². The van der Waals surface area contributed by atoms with Gasteiger partial charge in [-0.15, -0.1) is 11.3 Å². The third-order valence-electron chi connectivity index (χ3n) is 1.87. The molecule has 0 saturated carbocycles. The van der Waals surface area contributed by atoms with Gasteiger partial charge >= 0.3 is 0 Å². The summed E-state index contributed by atoms with van der Waals surface area (Å²) in [6.07, 6.45) is -1.77. The summed E-state index contributed by atoms with van der Waals surface area (Å²) in [6, 6.07) is 0. The van der Waals surface area contributed by atoms with Crippen LogP contribution in [0.4, 0.5) is 8.78 Å². The Labute approximate surface area is 92.3 Å². The van der Waals surface area contributed by atoms with E-state index >= 15 is 0 Å². The van der Waals surface area contributed by atoms with Crippen LogP contribution in [-0.4, -0.2) is 24.6 Å². The third-order valence-corrected chi connectivity index (χ3v) is 2.79. The SMILES string of the molecule is CC(C)c1csc(CCOCC(F)F)n1. The van der Waals surface area contributed by atoms with E-state index in [1.165, 1.54) is 0 Å². The van der Waals surface area contributed by atoms with Crippen LogP contribution in [0.5, 0.6) is 0 Å². The Balaban J connectivity index is 2.26. The molecule has 1 aromatic heterocycles. The van der Waals surface area contributed by atoms with Gasteiger partial charge in [0.1, 0.15) is 6.61 Å². The summed E-state index contributed by atoms with van der Waals surface area (Å²) in [5, 5.41) is 2.96. The Hall–Kier alpha value is -0.550. The first-order chi connectivity index (χ1) is 7.09. The lowest BCUT2D eigenvalue weighted by Crippen LogP contribution is -2.07. The molecule has 15 heavy (non-hydrogen) atoms. The van der Waals surface area contributed by atoms with Crippen LogP contribution < -0.4 is 0 Å². The Kier molecular flexibility index (Phi) is 5.11. The van der Waals surface area contributed by atoms with Crippen LogP contribution in [0.25, 0.3) is 0 Å². The van der Waals surface area contributed by atoms with Crippen molar-refractivity contribution in [1.29, 1.82) is 0 Å². The standard InChI is InChI=1S/C10H15F2NOS/c1-7(2)8-6-15-10(13-8)3-4-14-5-9(11)12/h6-7,9H,3-5H2,1-2H3. The molecule has 1 rings (SSSR count). The van der Waals surface area contributed by atoms with Crippen LogP contribution in [0, 0.1) is 0 Å². The smallest absolute Gasteiger partial charge is 0.261 e. The number of alkyl halides is 2. The highest BCUT2D eigenvalue weighted by molar-refractivity contribution is 7.09. The highest BCUT2D eigenvalue weighted by Gasteiger charge is 2.06. The fourth-order valence-corrected chi connectivity index (χ4v) is 1.98. The van der Waals surface area contributed by atoms with Crippen molar-refractivity contribution in [3.63, 3.8) is 0 Å². The van der Waals surface area contributed by atoms with Crippen molar-refractivity contribution in [3.8, 4) is 0 Å². The number of ether oxygens (including phenoxy) is 1. The van der Waals surface area contributed by atoms with Crippen LogP contribution in [0.1, 0.15) is 30.5 Å². The highest BCUT2D eigenvalue weighted by atomic mass is 32.1. The van der Waals surface area contributed by atoms with Gasteiger partial charge in [0, 0.05) is 11.8 Å². The Bertz CT molecular complexity index is 289. The van der Waals surface area contributed by atoms with Gasteiger partial charge in [0.25, 0.3) is 6.43 Å². The van der Waals surface area contributed by atoms with Crippen LogP contribution in [0.15, 0.2) is 5.38 Å². The van der Waals surface area contributed by atoms with Gasteiger partial charge in [0.15, 0.2) is 0 Å². The van der Waals surface area contributed by atoms with Gasteiger partial charge in [-0.1, -0.05) is 13.8 Å². The monoisotopic (exact) mass is 235 g/mol. The minimum atomic E-state index is -2.38. The molecule has 5 heteroatoms. The molecular weight excluding hydrogens is 220 g/mol. The van der Waals surface area contributed by atoms with Gasteiger partial charge < -0.3 is 4.74 Å². The van der Waals surface area contributed by atoms with Gasteiger partial charge in [-0.2, -0.15) is 0 Å². The zero-order chi connectivity index (χ0) is 11.3. The second-order valence-corrected chi connectivity index (χ2v) is 4.48.